The second-order valence-corrected chi connectivity index (χ2v) is 7.00. The summed E-state index contributed by atoms with van der Waals surface area (Å²) in [6.45, 7) is 2.75. The van der Waals surface area contributed by atoms with Crippen molar-refractivity contribution in [3.63, 3.8) is 0 Å². The van der Waals surface area contributed by atoms with Gasteiger partial charge in [0.1, 0.15) is 0 Å². The van der Waals surface area contributed by atoms with Gasteiger partial charge in [-0.3, -0.25) is 4.79 Å². The van der Waals surface area contributed by atoms with E-state index in [1.165, 1.54) is 28.5 Å². The maximum Gasteiger partial charge on any atom is 0.275 e. The van der Waals surface area contributed by atoms with Gasteiger partial charge in [0, 0.05) is 29.8 Å². The molecule has 0 saturated heterocycles. The zero-order valence-corrected chi connectivity index (χ0v) is 13.1. The first kappa shape index (κ1) is 13.6. The Morgan fingerprint density at radius 3 is 3.15 bits per heavy atom. The number of nitrogens with zero attached hydrogens (tertiary/aromatic N) is 4. The van der Waals surface area contributed by atoms with Gasteiger partial charge in [-0.15, -0.1) is 16.4 Å². The number of thiazole rings is 1. The molecule has 2 aromatic rings. The molecule has 0 saturated carbocycles. The molecule has 1 atom stereocenters. The molecule has 1 aliphatic carbocycles. The first-order chi connectivity index (χ1) is 9.65. The Labute approximate surface area is 125 Å². The van der Waals surface area contributed by atoms with E-state index in [4.69, 9.17) is 0 Å². The van der Waals surface area contributed by atoms with Gasteiger partial charge in [0.15, 0.2) is 5.69 Å². The lowest BCUT2D eigenvalue weighted by atomic mass is 9.90. The van der Waals surface area contributed by atoms with Crippen molar-refractivity contribution >= 4 is 28.8 Å². The van der Waals surface area contributed by atoms with Crippen LogP contribution in [0.15, 0.2) is 5.38 Å². The van der Waals surface area contributed by atoms with Crippen molar-refractivity contribution in [2.75, 3.05) is 13.6 Å². The van der Waals surface area contributed by atoms with Crippen molar-refractivity contribution in [1.29, 1.82) is 0 Å². The third kappa shape index (κ3) is 2.60. The highest BCUT2D eigenvalue weighted by atomic mass is 32.1. The van der Waals surface area contributed by atoms with E-state index in [9.17, 15) is 4.79 Å². The minimum absolute atomic E-state index is 0.0576. The molecule has 5 nitrogen and oxygen atoms in total. The lowest BCUT2D eigenvalue weighted by Crippen LogP contribution is -2.32. The second kappa shape index (κ2) is 5.57. The predicted octanol–water partition coefficient (Wildman–Crippen LogP) is 2.50. The van der Waals surface area contributed by atoms with Gasteiger partial charge in [-0.25, -0.2) is 4.98 Å². The molecule has 1 amide bonds. The fourth-order valence-electron chi connectivity index (χ4n) is 2.67. The van der Waals surface area contributed by atoms with Gasteiger partial charge in [-0.2, -0.15) is 0 Å². The van der Waals surface area contributed by atoms with Crippen LogP contribution >= 0.6 is 22.9 Å². The number of aromatic nitrogens is 3. The minimum atomic E-state index is -0.0576. The van der Waals surface area contributed by atoms with Crippen LogP contribution in [-0.4, -0.2) is 39.0 Å². The summed E-state index contributed by atoms with van der Waals surface area (Å²) >= 11 is 3.00. The molecule has 2 heterocycles. The van der Waals surface area contributed by atoms with Crippen molar-refractivity contribution < 1.29 is 4.79 Å². The lowest BCUT2D eigenvalue weighted by Gasteiger charge is -2.26. The van der Waals surface area contributed by atoms with Gasteiger partial charge < -0.3 is 4.90 Å². The summed E-state index contributed by atoms with van der Waals surface area (Å²) in [6.07, 6.45) is 3.41. The van der Waals surface area contributed by atoms with Crippen LogP contribution in [0.3, 0.4) is 0 Å². The third-order valence-electron chi connectivity index (χ3n) is 3.60. The standard InChI is InChI=1S/C13H16N4OS2/c1-8-14-12-9(4-3-5-11(12)20-8)6-17(2)13(18)10-7-19-16-15-10/h7,9H,3-6H2,1-2H3/t9-/m0/s1. The van der Waals surface area contributed by atoms with Crippen molar-refractivity contribution in [2.45, 2.75) is 32.1 Å². The van der Waals surface area contributed by atoms with Crippen LogP contribution in [-0.2, 0) is 6.42 Å². The number of aryl methyl sites for hydroxylation is 2. The van der Waals surface area contributed by atoms with Crippen LogP contribution in [0.25, 0.3) is 0 Å². The molecule has 0 radical (unpaired) electrons. The Bertz CT molecular complexity index is 608. The van der Waals surface area contributed by atoms with E-state index in [0.717, 1.165) is 17.8 Å². The fraction of sp³-hybridized carbons (Fsp3) is 0.538. The maximum atomic E-state index is 12.2. The van der Waals surface area contributed by atoms with Crippen LogP contribution in [0.5, 0.6) is 0 Å². The van der Waals surface area contributed by atoms with E-state index in [0.29, 0.717) is 18.2 Å². The van der Waals surface area contributed by atoms with Gasteiger partial charge >= 0.3 is 0 Å². The maximum absolute atomic E-state index is 12.2. The zero-order chi connectivity index (χ0) is 14.1. The first-order valence-electron chi connectivity index (χ1n) is 6.64. The molecule has 0 aromatic carbocycles. The number of fused-ring (bicyclic) bond motifs is 1. The molecular formula is C13H16N4OS2. The molecule has 0 fully saturated rings. The smallest absolute Gasteiger partial charge is 0.275 e. The molecular weight excluding hydrogens is 292 g/mol. The Balaban J connectivity index is 1.74. The molecule has 0 unspecified atom stereocenters. The van der Waals surface area contributed by atoms with Crippen molar-refractivity contribution in [1.82, 2.24) is 19.5 Å². The predicted molar refractivity (Wildman–Crippen MR) is 79.4 cm³/mol. The van der Waals surface area contributed by atoms with E-state index in [1.807, 2.05) is 7.05 Å². The Morgan fingerprint density at radius 1 is 1.55 bits per heavy atom. The first-order valence-corrected chi connectivity index (χ1v) is 8.29. The van der Waals surface area contributed by atoms with Gasteiger partial charge in [0.05, 0.1) is 10.7 Å². The van der Waals surface area contributed by atoms with Crippen molar-refractivity contribution in [2.24, 2.45) is 0 Å². The average molecular weight is 308 g/mol. The summed E-state index contributed by atoms with van der Waals surface area (Å²) in [6, 6.07) is 0. The molecule has 0 N–H and O–H groups in total. The molecule has 106 valence electrons. The number of carbonyl (C=O) groups is 1. The van der Waals surface area contributed by atoms with Gasteiger partial charge in [0.2, 0.25) is 0 Å². The summed E-state index contributed by atoms with van der Waals surface area (Å²) in [5, 5.41) is 6.66. The molecule has 20 heavy (non-hydrogen) atoms. The molecule has 0 bridgehead atoms. The zero-order valence-electron chi connectivity index (χ0n) is 11.5. The highest BCUT2D eigenvalue weighted by Crippen LogP contribution is 2.35. The topological polar surface area (TPSA) is 59.0 Å². The molecule has 2 aromatic heterocycles. The second-order valence-electron chi connectivity index (χ2n) is 5.11. The quantitative estimate of drug-likeness (QED) is 0.874. The van der Waals surface area contributed by atoms with Gasteiger partial charge in [-0.1, -0.05) is 4.49 Å². The van der Waals surface area contributed by atoms with E-state index in [2.05, 4.69) is 21.5 Å². The number of rotatable bonds is 3. The SMILES string of the molecule is Cc1nc2c(s1)CCC[C@H]2CN(C)C(=O)c1csnn1. The number of amides is 1. The summed E-state index contributed by atoms with van der Waals surface area (Å²) in [5.41, 5.74) is 1.64. The monoisotopic (exact) mass is 308 g/mol. The van der Waals surface area contributed by atoms with Crippen LogP contribution in [0.2, 0.25) is 0 Å². The Hall–Kier alpha value is -1.34. The van der Waals surface area contributed by atoms with E-state index in [1.54, 1.807) is 21.6 Å². The summed E-state index contributed by atoms with van der Waals surface area (Å²) < 4.78 is 3.75. The summed E-state index contributed by atoms with van der Waals surface area (Å²) in [7, 11) is 1.83. The molecule has 0 aliphatic heterocycles. The summed E-state index contributed by atoms with van der Waals surface area (Å²) in [4.78, 5) is 20.0. The normalized spacial score (nSPS) is 17.8. The van der Waals surface area contributed by atoms with E-state index >= 15 is 0 Å². The largest absolute Gasteiger partial charge is 0.340 e. The van der Waals surface area contributed by atoms with Gasteiger partial charge in [0.25, 0.3) is 5.91 Å². The van der Waals surface area contributed by atoms with E-state index in [-0.39, 0.29) is 5.91 Å². The molecule has 3 rings (SSSR count). The number of hydrogen-bond donors (Lipinski definition) is 0. The number of carbonyl (C=O) groups excluding carboxylic acids is 1. The third-order valence-corrected chi connectivity index (χ3v) is 5.15. The molecule has 1 aliphatic rings. The Kier molecular flexibility index (Phi) is 3.80. The van der Waals surface area contributed by atoms with Crippen molar-refractivity contribution in [3.05, 3.63) is 26.7 Å². The molecule has 7 heteroatoms. The van der Waals surface area contributed by atoms with Gasteiger partial charge in [-0.05, 0) is 37.7 Å². The highest BCUT2D eigenvalue weighted by molar-refractivity contribution is 7.11. The van der Waals surface area contributed by atoms with E-state index < -0.39 is 0 Å². The number of likely N-dealkylation sites (N-methyl/N-ethyl adjacent to an activating group) is 1. The highest BCUT2D eigenvalue weighted by Gasteiger charge is 2.27. The van der Waals surface area contributed by atoms with Crippen LogP contribution in [0.1, 0.15) is 44.8 Å². The van der Waals surface area contributed by atoms with Crippen LogP contribution in [0.4, 0.5) is 0 Å². The lowest BCUT2D eigenvalue weighted by molar-refractivity contribution is 0.0777. The fourth-order valence-corrected chi connectivity index (χ4v) is 4.17. The number of hydrogen-bond acceptors (Lipinski definition) is 6. The Morgan fingerprint density at radius 2 is 2.40 bits per heavy atom. The van der Waals surface area contributed by atoms with Crippen molar-refractivity contribution in [3.8, 4) is 0 Å². The average Bonchev–Trinajstić information content (AvgIpc) is 3.06. The summed E-state index contributed by atoms with van der Waals surface area (Å²) in [5.74, 6) is 0.294. The van der Waals surface area contributed by atoms with Crippen LogP contribution < -0.4 is 0 Å². The minimum Gasteiger partial charge on any atom is -0.340 e. The molecule has 0 spiro atoms. The van der Waals surface area contributed by atoms with Crippen LogP contribution in [0, 0.1) is 6.92 Å².